The van der Waals surface area contributed by atoms with Gasteiger partial charge in [0.1, 0.15) is 5.76 Å². The van der Waals surface area contributed by atoms with Gasteiger partial charge in [0.25, 0.3) is 0 Å². The summed E-state index contributed by atoms with van der Waals surface area (Å²) in [6, 6.07) is 11.9. The lowest BCUT2D eigenvalue weighted by Crippen LogP contribution is -2.25. The zero-order chi connectivity index (χ0) is 13.2. The molecule has 1 saturated carbocycles. The molecule has 19 heavy (non-hydrogen) atoms. The molecular formula is C16H17NO2. The number of furan rings is 1. The van der Waals surface area contributed by atoms with E-state index < -0.39 is 0 Å². The second kappa shape index (κ2) is 4.92. The Morgan fingerprint density at radius 1 is 1.32 bits per heavy atom. The first-order valence-corrected chi connectivity index (χ1v) is 6.61. The Balaban J connectivity index is 1.55. The Morgan fingerprint density at radius 3 is 2.89 bits per heavy atom. The van der Waals surface area contributed by atoms with Crippen molar-refractivity contribution in [2.45, 2.75) is 25.8 Å². The molecule has 1 aromatic heterocycles. The van der Waals surface area contributed by atoms with Crippen LogP contribution < -0.4 is 5.32 Å². The van der Waals surface area contributed by atoms with E-state index in [0.717, 1.165) is 12.2 Å². The number of hydrogen-bond donors (Lipinski definition) is 1. The van der Waals surface area contributed by atoms with Gasteiger partial charge in [-0.1, -0.05) is 24.3 Å². The SMILES string of the molecule is Cc1ccccc1CNC(=O)C1CC1c1ccco1. The Kier molecular flexibility index (Phi) is 3.11. The molecule has 1 heterocycles. The van der Waals surface area contributed by atoms with Crippen LogP contribution in [0.15, 0.2) is 47.1 Å². The van der Waals surface area contributed by atoms with Crippen molar-refractivity contribution in [1.29, 1.82) is 0 Å². The van der Waals surface area contributed by atoms with Gasteiger partial charge in [0, 0.05) is 18.4 Å². The molecular weight excluding hydrogens is 238 g/mol. The van der Waals surface area contributed by atoms with Gasteiger partial charge in [-0.25, -0.2) is 0 Å². The summed E-state index contributed by atoms with van der Waals surface area (Å²) in [7, 11) is 0. The molecule has 1 amide bonds. The average molecular weight is 255 g/mol. The van der Waals surface area contributed by atoms with Crippen molar-refractivity contribution in [2.75, 3.05) is 0 Å². The molecule has 2 aromatic rings. The van der Waals surface area contributed by atoms with Crippen LogP contribution in [0.25, 0.3) is 0 Å². The first kappa shape index (κ1) is 12.0. The van der Waals surface area contributed by atoms with Crippen molar-refractivity contribution in [1.82, 2.24) is 5.32 Å². The fourth-order valence-electron chi connectivity index (χ4n) is 2.42. The molecule has 3 nitrogen and oxygen atoms in total. The molecule has 98 valence electrons. The summed E-state index contributed by atoms with van der Waals surface area (Å²) in [4.78, 5) is 12.0. The monoisotopic (exact) mass is 255 g/mol. The van der Waals surface area contributed by atoms with E-state index >= 15 is 0 Å². The zero-order valence-corrected chi connectivity index (χ0v) is 10.9. The molecule has 1 aromatic carbocycles. The van der Waals surface area contributed by atoms with E-state index in [0.29, 0.717) is 6.54 Å². The maximum absolute atomic E-state index is 12.0. The van der Waals surface area contributed by atoms with Crippen LogP contribution in [0.1, 0.15) is 29.2 Å². The smallest absolute Gasteiger partial charge is 0.224 e. The Bertz CT molecular complexity index is 574. The van der Waals surface area contributed by atoms with Gasteiger partial charge in [-0.2, -0.15) is 0 Å². The van der Waals surface area contributed by atoms with Crippen molar-refractivity contribution in [3.63, 3.8) is 0 Å². The predicted molar refractivity (Wildman–Crippen MR) is 72.6 cm³/mol. The second-order valence-electron chi connectivity index (χ2n) is 5.11. The third-order valence-electron chi connectivity index (χ3n) is 3.75. The van der Waals surface area contributed by atoms with E-state index in [4.69, 9.17) is 4.42 Å². The number of benzene rings is 1. The van der Waals surface area contributed by atoms with E-state index in [1.807, 2.05) is 30.3 Å². The highest BCUT2D eigenvalue weighted by atomic mass is 16.3. The molecule has 0 radical (unpaired) electrons. The molecule has 2 unspecified atom stereocenters. The molecule has 0 spiro atoms. The standard InChI is InChI=1S/C16H17NO2/c1-11-5-2-3-6-12(11)10-17-16(18)14-9-13(14)15-7-4-8-19-15/h2-8,13-14H,9-10H2,1H3,(H,17,18). The topological polar surface area (TPSA) is 42.2 Å². The van der Waals surface area contributed by atoms with Crippen LogP contribution in [0.2, 0.25) is 0 Å². The van der Waals surface area contributed by atoms with Gasteiger partial charge in [-0.3, -0.25) is 4.79 Å². The fourth-order valence-corrected chi connectivity index (χ4v) is 2.42. The lowest BCUT2D eigenvalue weighted by atomic mass is 10.1. The third kappa shape index (κ3) is 2.55. The zero-order valence-electron chi connectivity index (χ0n) is 10.9. The van der Waals surface area contributed by atoms with Crippen molar-refractivity contribution in [2.24, 2.45) is 5.92 Å². The molecule has 2 atom stereocenters. The van der Waals surface area contributed by atoms with Crippen molar-refractivity contribution < 1.29 is 9.21 Å². The largest absolute Gasteiger partial charge is 0.469 e. The predicted octanol–water partition coefficient (Wildman–Crippen LogP) is 3.01. The number of carbonyl (C=O) groups excluding carboxylic acids is 1. The van der Waals surface area contributed by atoms with Crippen LogP contribution in [0.4, 0.5) is 0 Å². The average Bonchev–Trinajstić information content (AvgIpc) is 3.04. The Hall–Kier alpha value is -2.03. The van der Waals surface area contributed by atoms with Crippen LogP contribution in [-0.4, -0.2) is 5.91 Å². The van der Waals surface area contributed by atoms with E-state index in [1.54, 1.807) is 6.26 Å². The van der Waals surface area contributed by atoms with Gasteiger partial charge >= 0.3 is 0 Å². The summed E-state index contributed by atoms with van der Waals surface area (Å²) < 4.78 is 5.34. The van der Waals surface area contributed by atoms with Gasteiger partial charge in [0.15, 0.2) is 0 Å². The van der Waals surface area contributed by atoms with Gasteiger partial charge in [0.2, 0.25) is 5.91 Å². The highest BCUT2D eigenvalue weighted by Crippen LogP contribution is 2.47. The molecule has 0 saturated heterocycles. The lowest BCUT2D eigenvalue weighted by molar-refractivity contribution is -0.122. The van der Waals surface area contributed by atoms with E-state index in [9.17, 15) is 4.79 Å². The third-order valence-corrected chi connectivity index (χ3v) is 3.75. The number of nitrogens with one attached hydrogen (secondary N) is 1. The number of carbonyl (C=O) groups is 1. The Morgan fingerprint density at radius 2 is 2.16 bits per heavy atom. The number of amides is 1. The Labute approximate surface area is 112 Å². The highest BCUT2D eigenvalue weighted by molar-refractivity contribution is 5.82. The fraction of sp³-hybridized carbons (Fsp3) is 0.312. The molecule has 0 bridgehead atoms. The molecule has 3 rings (SSSR count). The summed E-state index contributed by atoms with van der Waals surface area (Å²) in [6.07, 6.45) is 2.56. The summed E-state index contributed by atoms with van der Waals surface area (Å²) in [6.45, 7) is 2.66. The van der Waals surface area contributed by atoms with Crippen molar-refractivity contribution in [3.05, 3.63) is 59.5 Å². The minimum Gasteiger partial charge on any atom is -0.469 e. The van der Waals surface area contributed by atoms with Crippen molar-refractivity contribution in [3.8, 4) is 0 Å². The van der Waals surface area contributed by atoms with E-state index in [1.165, 1.54) is 11.1 Å². The second-order valence-corrected chi connectivity index (χ2v) is 5.11. The van der Waals surface area contributed by atoms with E-state index in [2.05, 4.69) is 18.3 Å². The lowest BCUT2D eigenvalue weighted by Gasteiger charge is -2.07. The normalized spacial score (nSPS) is 21.1. The number of hydrogen-bond acceptors (Lipinski definition) is 2. The molecule has 1 N–H and O–H groups in total. The minimum absolute atomic E-state index is 0.0789. The highest BCUT2D eigenvalue weighted by Gasteiger charge is 2.45. The van der Waals surface area contributed by atoms with Gasteiger partial charge < -0.3 is 9.73 Å². The number of rotatable bonds is 4. The summed E-state index contributed by atoms with van der Waals surface area (Å²) >= 11 is 0. The minimum atomic E-state index is 0.0789. The van der Waals surface area contributed by atoms with Crippen molar-refractivity contribution >= 4 is 5.91 Å². The van der Waals surface area contributed by atoms with Gasteiger partial charge in [0.05, 0.1) is 6.26 Å². The maximum atomic E-state index is 12.0. The molecule has 3 heteroatoms. The summed E-state index contributed by atoms with van der Waals surface area (Å²) in [5.41, 5.74) is 2.38. The summed E-state index contributed by atoms with van der Waals surface area (Å²) in [5.74, 6) is 1.41. The van der Waals surface area contributed by atoms with Crippen LogP contribution in [-0.2, 0) is 11.3 Å². The summed E-state index contributed by atoms with van der Waals surface area (Å²) in [5, 5.41) is 3.01. The quantitative estimate of drug-likeness (QED) is 0.912. The van der Waals surface area contributed by atoms with Crippen LogP contribution in [0, 0.1) is 12.8 Å². The molecule has 0 aliphatic heterocycles. The van der Waals surface area contributed by atoms with Crippen LogP contribution in [0.3, 0.4) is 0 Å². The number of aryl methyl sites for hydroxylation is 1. The maximum Gasteiger partial charge on any atom is 0.224 e. The molecule has 1 aliphatic carbocycles. The van der Waals surface area contributed by atoms with E-state index in [-0.39, 0.29) is 17.7 Å². The molecule has 1 fully saturated rings. The first-order chi connectivity index (χ1) is 9.25. The first-order valence-electron chi connectivity index (χ1n) is 6.61. The van der Waals surface area contributed by atoms with Crippen LogP contribution >= 0.6 is 0 Å². The van der Waals surface area contributed by atoms with Gasteiger partial charge in [-0.05, 0) is 36.6 Å². The van der Waals surface area contributed by atoms with Crippen LogP contribution in [0.5, 0.6) is 0 Å². The van der Waals surface area contributed by atoms with Gasteiger partial charge in [-0.15, -0.1) is 0 Å². The molecule has 1 aliphatic rings.